The molecule has 4 rings (SSSR count). The van der Waals surface area contributed by atoms with Crippen LogP contribution < -0.4 is 31.6 Å². The second-order valence-electron chi connectivity index (χ2n) is 7.94. The van der Waals surface area contributed by atoms with Gasteiger partial charge in [0.05, 0.1) is 19.7 Å². The Hall–Kier alpha value is -4.53. The lowest BCUT2D eigenvalue weighted by Crippen LogP contribution is -2.25. The van der Waals surface area contributed by atoms with Crippen molar-refractivity contribution in [1.29, 1.82) is 0 Å². The molecular formula is C26H28N6O3. The highest BCUT2D eigenvalue weighted by atomic mass is 16.5. The topological polar surface area (TPSA) is 137 Å². The van der Waals surface area contributed by atoms with Gasteiger partial charge in [-0.1, -0.05) is 24.3 Å². The van der Waals surface area contributed by atoms with Crippen LogP contribution in [0, 0.1) is 0 Å². The summed E-state index contributed by atoms with van der Waals surface area (Å²) in [6, 6.07) is 19.1. The molecule has 3 aromatic carbocycles. The van der Waals surface area contributed by atoms with Crippen molar-refractivity contribution in [2.24, 2.45) is 0 Å². The number of amides is 1. The largest absolute Gasteiger partial charge is 0.493 e. The molecular weight excluding hydrogens is 444 g/mol. The monoisotopic (exact) mass is 472 g/mol. The maximum Gasteiger partial charge on any atom is 0.251 e. The molecule has 0 aliphatic carbocycles. The number of benzene rings is 3. The number of carbonyl (C=O) groups is 1. The molecule has 0 unspecified atom stereocenters. The number of nitrogens with zero attached hydrogens (tertiary/aromatic N) is 2. The number of aromatic nitrogens is 2. The third-order valence-electron chi connectivity index (χ3n) is 5.61. The molecule has 9 heteroatoms. The van der Waals surface area contributed by atoms with Gasteiger partial charge in [0.15, 0.2) is 11.5 Å². The lowest BCUT2D eigenvalue weighted by atomic mass is 10.1. The molecule has 6 N–H and O–H groups in total. The van der Waals surface area contributed by atoms with Gasteiger partial charge in [0, 0.05) is 29.7 Å². The highest BCUT2D eigenvalue weighted by molar-refractivity contribution is 5.95. The molecule has 35 heavy (non-hydrogen) atoms. The fourth-order valence-corrected chi connectivity index (χ4v) is 3.71. The summed E-state index contributed by atoms with van der Waals surface area (Å²) in [6.45, 7) is 1.17. The zero-order valence-electron chi connectivity index (χ0n) is 19.7. The van der Waals surface area contributed by atoms with Crippen molar-refractivity contribution >= 4 is 34.3 Å². The first-order chi connectivity index (χ1) is 17.0. The molecule has 0 aliphatic rings. The SMILES string of the molecule is COc1ccc(C(=O)NCCc2ccc(CNc3ccc4nc(N)nc(N)c4c3)cc2)cc1OC. The first-order valence-electron chi connectivity index (χ1n) is 11.1. The summed E-state index contributed by atoms with van der Waals surface area (Å²) in [5.74, 6) is 1.48. The maximum atomic E-state index is 12.5. The van der Waals surface area contributed by atoms with E-state index in [2.05, 4.69) is 44.9 Å². The van der Waals surface area contributed by atoms with Crippen LogP contribution in [0.2, 0.25) is 0 Å². The third kappa shape index (κ3) is 5.70. The molecule has 0 aliphatic heterocycles. The van der Waals surface area contributed by atoms with Crippen molar-refractivity contribution in [2.45, 2.75) is 13.0 Å². The van der Waals surface area contributed by atoms with E-state index < -0.39 is 0 Å². The number of methoxy groups -OCH3 is 2. The van der Waals surface area contributed by atoms with Crippen LogP contribution in [0.25, 0.3) is 10.9 Å². The first-order valence-corrected chi connectivity index (χ1v) is 11.1. The highest BCUT2D eigenvalue weighted by Gasteiger charge is 2.10. The van der Waals surface area contributed by atoms with E-state index in [-0.39, 0.29) is 11.9 Å². The Bertz CT molecular complexity index is 1340. The molecule has 0 atom stereocenters. The number of nitrogens with one attached hydrogen (secondary N) is 2. The van der Waals surface area contributed by atoms with Crippen LogP contribution in [-0.2, 0) is 13.0 Å². The van der Waals surface area contributed by atoms with Gasteiger partial charge in [-0.2, -0.15) is 4.98 Å². The number of anilines is 3. The van der Waals surface area contributed by atoms with Crippen LogP contribution in [0.3, 0.4) is 0 Å². The van der Waals surface area contributed by atoms with Crippen molar-refractivity contribution < 1.29 is 14.3 Å². The number of ether oxygens (including phenoxy) is 2. The van der Waals surface area contributed by atoms with Gasteiger partial charge in [-0.3, -0.25) is 4.79 Å². The van der Waals surface area contributed by atoms with Crippen molar-refractivity contribution in [1.82, 2.24) is 15.3 Å². The minimum Gasteiger partial charge on any atom is -0.493 e. The molecule has 4 aromatic rings. The van der Waals surface area contributed by atoms with E-state index in [1.807, 2.05) is 18.2 Å². The Morgan fingerprint density at radius 2 is 1.63 bits per heavy atom. The van der Waals surface area contributed by atoms with Crippen LogP contribution >= 0.6 is 0 Å². The summed E-state index contributed by atoms with van der Waals surface area (Å²) in [6.07, 6.45) is 0.722. The first kappa shape index (κ1) is 23.6. The second-order valence-corrected chi connectivity index (χ2v) is 7.94. The Kier molecular flexibility index (Phi) is 7.15. The van der Waals surface area contributed by atoms with Gasteiger partial charge < -0.3 is 31.6 Å². The van der Waals surface area contributed by atoms with Gasteiger partial charge in [0.1, 0.15) is 5.82 Å². The van der Waals surface area contributed by atoms with E-state index in [1.54, 1.807) is 32.4 Å². The van der Waals surface area contributed by atoms with E-state index >= 15 is 0 Å². The van der Waals surface area contributed by atoms with E-state index in [0.29, 0.717) is 41.5 Å². The Morgan fingerprint density at radius 3 is 2.37 bits per heavy atom. The van der Waals surface area contributed by atoms with Gasteiger partial charge >= 0.3 is 0 Å². The fourth-order valence-electron chi connectivity index (χ4n) is 3.71. The van der Waals surface area contributed by atoms with E-state index in [0.717, 1.165) is 28.6 Å². The zero-order chi connectivity index (χ0) is 24.8. The average Bonchev–Trinajstić information content (AvgIpc) is 2.87. The van der Waals surface area contributed by atoms with Gasteiger partial charge in [-0.25, -0.2) is 4.98 Å². The molecule has 0 spiro atoms. The molecule has 180 valence electrons. The number of hydrogen-bond donors (Lipinski definition) is 4. The maximum absolute atomic E-state index is 12.5. The summed E-state index contributed by atoms with van der Waals surface area (Å²) in [7, 11) is 3.10. The third-order valence-corrected chi connectivity index (χ3v) is 5.61. The fraction of sp³-hybridized carbons (Fsp3) is 0.192. The standard InChI is InChI=1S/C26H28N6O3/c1-34-22-10-7-18(13-23(22)35-2)25(33)29-12-11-16-3-5-17(6-4-16)15-30-19-8-9-21-20(14-19)24(27)32-26(28)31-21/h3-10,13-14,30H,11-12,15H2,1-2H3,(H,29,33)(H4,27,28,31,32). The lowest BCUT2D eigenvalue weighted by molar-refractivity contribution is 0.0953. The molecule has 0 radical (unpaired) electrons. The molecule has 1 aromatic heterocycles. The van der Waals surface area contributed by atoms with E-state index in [9.17, 15) is 4.79 Å². The smallest absolute Gasteiger partial charge is 0.251 e. The number of hydrogen-bond acceptors (Lipinski definition) is 8. The van der Waals surface area contributed by atoms with E-state index in [1.165, 1.54) is 0 Å². The van der Waals surface area contributed by atoms with Crippen molar-refractivity contribution in [3.05, 3.63) is 77.4 Å². The summed E-state index contributed by atoms with van der Waals surface area (Å²) in [5.41, 5.74) is 16.0. The van der Waals surface area contributed by atoms with Crippen LogP contribution in [0.4, 0.5) is 17.5 Å². The van der Waals surface area contributed by atoms with Crippen LogP contribution in [0.5, 0.6) is 11.5 Å². The predicted molar refractivity (Wildman–Crippen MR) is 138 cm³/mol. The zero-order valence-corrected chi connectivity index (χ0v) is 19.7. The summed E-state index contributed by atoms with van der Waals surface area (Å²) < 4.78 is 10.5. The number of nitrogen functional groups attached to an aromatic ring is 2. The lowest BCUT2D eigenvalue weighted by Gasteiger charge is -2.11. The normalized spacial score (nSPS) is 10.7. The quantitative estimate of drug-likeness (QED) is 0.291. The minimum absolute atomic E-state index is 0.157. The van der Waals surface area contributed by atoms with Crippen molar-refractivity contribution in [3.63, 3.8) is 0 Å². The van der Waals surface area contributed by atoms with Crippen LogP contribution in [0.15, 0.2) is 60.7 Å². The predicted octanol–water partition coefficient (Wildman–Crippen LogP) is 3.40. The highest BCUT2D eigenvalue weighted by Crippen LogP contribution is 2.27. The van der Waals surface area contributed by atoms with Crippen molar-refractivity contribution in [2.75, 3.05) is 37.5 Å². The molecule has 1 heterocycles. The number of carbonyl (C=O) groups excluding carboxylic acids is 1. The Labute approximate surface area is 203 Å². The Balaban J connectivity index is 1.28. The second kappa shape index (κ2) is 10.6. The van der Waals surface area contributed by atoms with Gasteiger partial charge in [0.2, 0.25) is 5.95 Å². The molecule has 1 amide bonds. The van der Waals surface area contributed by atoms with Gasteiger partial charge in [0.25, 0.3) is 5.91 Å². The van der Waals surface area contributed by atoms with Crippen molar-refractivity contribution in [3.8, 4) is 11.5 Å². The van der Waals surface area contributed by atoms with Crippen LogP contribution in [-0.4, -0.2) is 36.6 Å². The molecule has 0 saturated carbocycles. The van der Waals surface area contributed by atoms with E-state index in [4.69, 9.17) is 20.9 Å². The average molecular weight is 473 g/mol. The summed E-state index contributed by atoms with van der Waals surface area (Å²) >= 11 is 0. The number of nitrogens with two attached hydrogens (primary N) is 2. The Morgan fingerprint density at radius 1 is 0.886 bits per heavy atom. The molecule has 0 saturated heterocycles. The van der Waals surface area contributed by atoms with Crippen LogP contribution in [0.1, 0.15) is 21.5 Å². The van der Waals surface area contributed by atoms with Gasteiger partial charge in [-0.05, 0) is 53.9 Å². The number of fused-ring (bicyclic) bond motifs is 1. The molecule has 0 fully saturated rings. The number of rotatable bonds is 9. The summed E-state index contributed by atoms with van der Waals surface area (Å²) in [4.78, 5) is 20.7. The summed E-state index contributed by atoms with van der Waals surface area (Å²) in [5, 5.41) is 7.09. The molecule has 0 bridgehead atoms. The minimum atomic E-state index is -0.157. The molecule has 9 nitrogen and oxygen atoms in total. The van der Waals surface area contributed by atoms with Gasteiger partial charge in [-0.15, -0.1) is 0 Å².